The average Bonchev–Trinajstić information content (AvgIpc) is 2.78. The quantitative estimate of drug-likeness (QED) is 0.435. The van der Waals surface area contributed by atoms with Crippen molar-refractivity contribution in [3.05, 3.63) is 98.5 Å². The van der Waals surface area contributed by atoms with Gasteiger partial charge in [0.25, 0.3) is 0 Å². The molecular formula is C27H26Cl2O3. The van der Waals surface area contributed by atoms with E-state index in [4.69, 9.17) is 33.0 Å². The Hall–Kier alpha value is -2.48. The van der Waals surface area contributed by atoms with Crippen LogP contribution in [0.25, 0.3) is 0 Å². The molecule has 3 rings (SSSR count). The molecule has 0 bridgehead atoms. The van der Waals surface area contributed by atoms with Crippen LogP contribution in [0.4, 0.5) is 0 Å². The summed E-state index contributed by atoms with van der Waals surface area (Å²) in [7, 11) is 0. The standard InChI is InChI=1S/C27H26Cl2O3/c1-18-6-7-21(12-19(18)2)13-23(22-4-3-5-24(28)15-22)10-8-20-9-11-27(26(29)14-20)32-17-25(31)16-30/h3-7,9,11-12,14-15,23,25,30-31H,13,16-17H2,1-2H3. The summed E-state index contributed by atoms with van der Waals surface area (Å²) in [5, 5.41) is 19.4. The van der Waals surface area contributed by atoms with Gasteiger partial charge >= 0.3 is 0 Å². The molecule has 0 aliphatic heterocycles. The zero-order chi connectivity index (χ0) is 23.1. The van der Waals surface area contributed by atoms with E-state index in [-0.39, 0.29) is 19.1 Å². The maximum Gasteiger partial charge on any atom is 0.138 e. The van der Waals surface area contributed by atoms with Crippen LogP contribution < -0.4 is 4.74 Å². The Labute approximate surface area is 199 Å². The molecule has 166 valence electrons. The van der Waals surface area contributed by atoms with Crippen molar-refractivity contribution in [2.45, 2.75) is 32.3 Å². The lowest BCUT2D eigenvalue weighted by Gasteiger charge is -2.13. The van der Waals surface area contributed by atoms with Gasteiger partial charge in [-0.3, -0.25) is 0 Å². The second kappa shape index (κ2) is 11.4. The van der Waals surface area contributed by atoms with Gasteiger partial charge in [0.05, 0.1) is 11.6 Å². The maximum atomic E-state index is 9.44. The van der Waals surface area contributed by atoms with E-state index in [1.807, 2.05) is 30.3 Å². The van der Waals surface area contributed by atoms with Crippen LogP contribution in [0.15, 0.2) is 60.7 Å². The second-order valence-corrected chi connectivity index (χ2v) is 8.64. The lowest BCUT2D eigenvalue weighted by molar-refractivity contribution is 0.0536. The highest BCUT2D eigenvalue weighted by Crippen LogP contribution is 2.27. The fourth-order valence-corrected chi connectivity index (χ4v) is 3.68. The highest BCUT2D eigenvalue weighted by Gasteiger charge is 2.12. The molecule has 0 aliphatic carbocycles. The van der Waals surface area contributed by atoms with E-state index in [2.05, 4.69) is 43.9 Å². The van der Waals surface area contributed by atoms with Gasteiger partial charge in [-0.15, -0.1) is 0 Å². The lowest BCUT2D eigenvalue weighted by atomic mass is 9.91. The van der Waals surface area contributed by atoms with Gasteiger partial charge in [-0.25, -0.2) is 0 Å². The normalized spacial score (nSPS) is 12.6. The molecule has 32 heavy (non-hydrogen) atoms. The van der Waals surface area contributed by atoms with Crippen molar-refractivity contribution < 1.29 is 14.9 Å². The third kappa shape index (κ3) is 6.76. The molecule has 0 amide bonds. The van der Waals surface area contributed by atoms with Crippen LogP contribution in [0, 0.1) is 25.7 Å². The Morgan fingerprint density at radius 3 is 2.47 bits per heavy atom. The van der Waals surface area contributed by atoms with Crippen LogP contribution in [-0.4, -0.2) is 29.5 Å². The first-order valence-corrected chi connectivity index (χ1v) is 11.2. The van der Waals surface area contributed by atoms with Crippen molar-refractivity contribution in [2.24, 2.45) is 0 Å². The van der Waals surface area contributed by atoms with Crippen molar-refractivity contribution in [3.63, 3.8) is 0 Å². The predicted octanol–water partition coefficient (Wildman–Crippen LogP) is 5.72. The Morgan fingerprint density at radius 2 is 1.78 bits per heavy atom. The molecule has 3 aromatic carbocycles. The SMILES string of the molecule is Cc1ccc(CC(C#Cc2ccc(OCC(O)CO)c(Cl)c2)c2cccc(Cl)c2)cc1C. The Kier molecular flexibility index (Phi) is 8.61. The molecule has 0 radical (unpaired) electrons. The van der Waals surface area contributed by atoms with E-state index in [0.717, 1.165) is 17.5 Å². The molecule has 0 saturated heterocycles. The first-order valence-electron chi connectivity index (χ1n) is 10.4. The number of hydrogen-bond acceptors (Lipinski definition) is 3. The molecule has 0 aliphatic rings. The third-order valence-electron chi connectivity index (χ3n) is 5.23. The summed E-state index contributed by atoms with van der Waals surface area (Å²) in [5.74, 6) is 7.02. The van der Waals surface area contributed by atoms with E-state index in [9.17, 15) is 5.11 Å². The highest BCUT2D eigenvalue weighted by molar-refractivity contribution is 6.32. The summed E-state index contributed by atoms with van der Waals surface area (Å²) >= 11 is 12.6. The molecule has 5 heteroatoms. The molecule has 0 fully saturated rings. The van der Waals surface area contributed by atoms with Gasteiger partial charge in [0.1, 0.15) is 18.5 Å². The van der Waals surface area contributed by atoms with Crippen molar-refractivity contribution in [1.29, 1.82) is 0 Å². The number of benzene rings is 3. The first kappa shape index (κ1) is 24.2. The summed E-state index contributed by atoms with van der Waals surface area (Å²) in [6.45, 7) is 3.82. The number of aryl methyl sites for hydroxylation is 2. The molecule has 0 heterocycles. The molecule has 3 nitrogen and oxygen atoms in total. The van der Waals surface area contributed by atoms with Crippen molar-refractivity contribution in [2.75, 3.05) is 13.2 Å². The van der Waals surface area contributed by atoms with Gasteiger partial charge in [-0.1, -0.05) is 65.4 Å². The minimum atomic E-state index is -0.950. The van der Waals surface area contributed by atoms with Gasteiger partial charge in [0.2, 0.25) is 0 Å². The summed E-state index contributed by atoms with van der Waals surface area (Å²) < 4.78 is 5.45. The van der Waals surface area contributed by atoms with E-state index >= 15 is 0 Å². The maximum absolute atomic E-state index is 9.44. The van der Waals surface area contributed by atoms with Gasteiger partial charge in [-0.05, 0) is 72.9 Å². The molecule has 2 N–H and O–H groups in total. The number of rotatable bonds is 7. The van der Waals surface area contributed by atoms with Crippen LogP contribution in [0.1, 0.15) is 33.7 Å². The Morgan fingerprint density at radius 1 is 0.969 bits per heavy atom. The van der Waals surface area contributed by atoms with E-state index in [0.29, 0.717) is 15.8 Å². The second-order valence-electron chi connectivity index (χ2n) is 7.79. The van der Waals surface area contributed by atoms with Crippen LogP contribution in [0.3, 0.4) is 0 Å². The van der Waals surface area contributed by atoms with Gasteiger partial charge in [-0.2, -0.15) is 0 Å². The summed E-state index contributed by atoms with van der Waals surface area (Å²) in [4.78, 5) is 0. The molecule has 2 unspecified atom stereocenters. The molecule has 0 spiro atoms. The Balaban J connectivity index is 1.85. The summed E-state index contributed by atoms with van der Waals surface area (Å²) in [6, 6.07) is 19.6. The molecule has 0 saturated carbocycles. The van der Waals surface area contributed by atoms with Crippen LogP contribution in [-0.2, 0) is 6.42 Å². The number of aliphatic hydroxyl groups is 2. The fraction of sp³-hybridized carbons (Fsp3) is 0.259. The fourth-order valence-electron chi connectivity index (χ4n) is 3.25. The van der Waals surface area contributed by atoms with Crippen molar-refractivity contribution in [1.82, 2.24) is 0 Å². The molecule has 0 aromatic heterocycles. The van der Waals surface area contributed by atoms with E-state index in [1.165, 1.54) is 16.7 Å². The zero-order valence-corrected chi connectivity index (χ0v) is 19.6. The lowest BCUT2D eigenvalue weighted by Crippen LogP contribution is -2.21. The van der Waals surface area contributed by atoms with E-state index in [1.54, 1.807) is 12.1 Å². The van der Waals surface area contributed by atoms with Crippen LogP contribution in [0.5, 0.6) is 5.75 Å². The first-order chi connectivity index (χ1) is 15.4. The van der Waals surface area contributed by atoms with Gasteiger partial charge in [0, 0.05) is 16.5 Å². The van der Waals surface area contributed by atoms with E-state index < -0.39 is 6.10 Å². The molecular weight excluding hydrogens is 443 g/mol. The zero-order valence-electron chi connectivity index (χ0n) is 18.1. The third-order valence-corrected chi connectivity index (χ3v) is 5.76. The number of aliphatic hydroxyl groups excluding tert-OH is 2. The summed E-state index contributed by atoms with van der Waals surface area (Å²) in [5.41, 5.74) is 5.57. The van der Waals surface area contributed by atoms with Crippen molar-refractivity contribution in [3.8, 4) is 17.6 Å². The highest BCUT2D eigenvalue weighted by atomic mass is 35.5. The van der Waals surface area contributed by atoms with Gasteiger partial charge < -0.3 is 14.9 Å². The predicted molar refractivity (Wildman–Crippen MR) is 131 cm³/mol. The number of ether oxygens (including phenoxy) is 1. The van der Waals surface area contributed by atoms with Crippen LogP contribution in [0.2, 0.25) is 10.0 Å². The van der Waals surface area contributed by atoms with Gasteiger partial charge in [0.15, 0.2) is 0 Å². The molecule has 2 atom stereocenters. The topological polar surface area (TPSA) is 49.7 Å². The number of hydrogen-bond donors (Lipinski definition) is 2. The molecule has 3 aromatic rings. The van der Waals surface area contributed by atoms with Crippen LogP contribution >= 0.6 is 23.2 Å². The smallest absolute Gasteiger partial charge is 0.138 e. The largest absolute Gasteiger partial charge is 0.489 e. The summed E-state index contributed by atoms with van der Waals surface area (Å²) in [6.07, 6.45) is -0.183. The Bertz CT molecular complexity index is 1130. The average molecular weight is 469 g/mol. The minimum absolute atomic E-state index is 0.0337. The number of halogens is 2. The minimum Gasteiger partial charge on any atom is -0.489 e. The monoisotopic (exact) mass is 468 g/mol. The van der Waals surface area contributed by atoms with Crippen molar-refractivity contribution >= 4 is 23.2 Å².